The first-order valence-electron chi connectivity index (χ1n) is 6.57. The van der Waals surface area contributed by atoms with Crippen LogP contribution in [0.15, 0.2) is 30.5 Å². The number of hydrogen-bond acceptors (Lipinski definition) is 3. The second-order valence-electron chi connectivity index (χ2n) is 5.04. The number of rotatable bonds is 3. The van der Waals surface area contributed by atoms with Crippen LogP contribution in [-0.4, -0.2) is 20.6 Å². The van der Waals surface area contributed by atoms with Gasteiger partial charge >= 0.3 is 0 Å². The van der Waals surface area contributed by atoms with Crippen LogP contribution in [0.2, 0.25) is 0 Å². The summed E-state index contributed by atoms with van der Waals surface area (Å²) in [5.74, 6) is -1.19. The maximum absolute atomic E-state index is 14.0. The molecule has 0 amide bonds. The summed E-state index contributed by atoms with van der Waals surface area (Å²) in [7, 11) is 0. The topological polar surface area (TPSA) is 80.6 Å². The molecule has 7 heteroatoms. The summed E-state index contributed by atoms with van der Waals surface area (Å²) in [6.07, 6.45) is 1.05. The third-order valence-corrected chi connectivity index (χ3v) is 3.34. The van der Waals surface area contributed by atoms with E-state index in [1.807, 2.05) is 0 Å². The van der Waals surface area contributed by atoms with Gasteiger partial charge in [-0.15, -0.1) is 0 Å². The van der Waals surface area contributed by atoms with E-state index in [1.165, 1.54) is 16.8 Å². The van der Waals surface area contributed by atoms with E-state index in [0.717, 1.165) is 11.8 Å². The monoisotopic (exact) mass is 301 g/mol. The lowest BCUT2D eigenvalue weighted by atomic mass is 10.1. The van der Waals surface area contributed by atoms with Crippen LogP contribution in [0, 0.1) is 24.0 Å². The van der Waals surface area contributed by atoms with Crippen LogP contribution in [0.3, 0.4) is 0 Å². The van der Waals surface area contributed by atoms with E-state index in [2.05, 4.69) is 10.1 Å². The van der Waals surface area contributed by atoms with Gasteiger partial charge in [0.25, 0.3) is 0 Å². The molecule has 2 aromatic heterocycles. The average molecular weight is 301 g/mol. The molecule has 3 rings (SSSR count). The SMILES string of the molecule is Cc1ccc(Cn2nc(C(=N)N)c3cc(F)cnc32)c(F)c1. The van der Waals surface area contributed by atoms with Gasteiger partial charge in [0.2, 0.25) is 0 Å². The first-order valence-corrected chi connectivity index (χ1v) is 6.57. The minimum Gasteiger partial charge on any atom is -0.382 e. The van der Waals surface area contributed by atoms with Gasteiger partial charge in [-0.1, -0.05) is 12.1 Å². The molecule has 1 aromatic carbocycles. The Hall–Kier alpha value is -2.83. The lowest BCUT2D eigenvalue weighted by Crippen LogP contribution is -2.13. The molecule has 0 atom stereocenters. The van der Waals surface area contributed by atoms with Gasteiger partial charge in [-0.2, -0.15) is 5.10 Å². The zero-order valence-electron chi connectivity index (χ0n) is 11.8. The van der Waals surface area contributed by atoms with Crippen molar-refractivity contribution in [3.63, 3.8) is 0 Å². The van der Waals surface area contributed by atoms with Gasteiger partial charge in [-0.3, -0.25) is 5.41 Å². The van der Waals surface area contributed by atoms with Crippen LogP contribution < -0.4 is 5.73 Å². The minimum absolute atomic E-state index is 0.120. The maximum atomic E-state index is 14.0. The largest absolute Gasteiger partial charge is 0.382 e. The predicted molar refractivity (Wildman–Crippen MR) is 78.7 cm³/mol. The molecule has 5 nitrogen and oxygen atoms in total. The fourth-order valence-corrected chi connectivity index (χ4v) is 2.29. The number of nitrogen functional groups attached to an aromatic ring is 1. The van der Waals surface area contributed by atoms with Gasteiger partial charge in [0, 0.05) is 5.56 Å². The normalized spacial score (nSPS) is 11.0. The fraction of sp³-hybridized carbons (Fsp3) is 0.133. The van der Waals surface area contributed by atoms with Gasteiger partial charge in [0.05, 0.1) is 18.1 Å². The quantitative estimate of drug-likeness (QED) is 0.575. The molecular formula is C15H13F2N5. The molecule has 0 saturated carbocycles. The molecule has 0 fully saturated rings. The number of amidine groups is 1. The number of aryl methyl sites for hydroxylation is 1. The molecule has 0 saturated heterocycles. The van der Waals surface area contributed by atoms with Gasteiger partial charge in [0.15, 0.2) is 5.65 Å². The van der Waals surface area contributed by atoms with Crippen LogP contribution in [0.4, 0.5) is 8.78 Å². The van der Waals surface area contributed by atoms with Crippen molar-refractivity contribution in [2.45, 2.75) is 13.5 Å². The molecule has 2 heterocycles. The van der Waals surface area contributed by atoms with Crippen LogP contribution in [0.1, 0.15) is 16.8 Å². The Balaban J connectivity index is 2.13. The van der Waals surface area contributed by atoms with Crippen molar-refractivity contribution in [2.75, 3.05) is 0 Å². The summed E-state index contributed by atoms with van der Waals surface area (Å²) >= 11 is 0. The Bertz CT molecular complexity index is 885. The van der Waals surface area contributed by atoms with Gasteiger partial charge in [-0.05, 0) is 24.6 Å². The zero-order valence-corrected chi connectivity index (χ0v) is 11.8. The van der Waals surface area contributed by atoms with Gasteiger partial charge in [0.1, 0.15) is 23.2 Å². The van der Waals surface area contributed by atoms with E-state index in [0.29, 0.717) is 16.6 Å². The molecule has 0 unspecified atom stereocenters. The van der Waals surface area contributed by atoms with Crippen molar-refractivity contribution in [1.29, 1.82) is 5.41 Å². The van der Waals surface area contributed by atoms with Crippen molar-refractivity contribution < 1.29 is 8.78 Å². The molecule has 0 bridgehead atoms. The van der Waals surface area contributed by atoms with Gasteiger partial charge in [-0.25, -0.2) is 18.4 Å². The van der Waals surface area contributed by atoms with E-state index < -0.39 is 5.82 Å². The van der Waals surface area contributed by atoms with Crippen molar-refractivity contribution in [2.24, 2.45) is 5.73 Å². The Kier molecular flexibility index (Phi) is 3.32. The van der Waals surface area contributed by atoms with Crippen LogP contribution >= 0.6 is 0 Å². The van der Waals surface area contributed by atoms with Crippen molar-refractivity contribution in [3.8, 4) is 0 Å². The first kappa shape index (κ1) is 14.1. The summed E-state index contributed by atoms with van der Waals surface area (Å²) < 4.78 is 28.7. The standard InChI is InChI=1S/C15H13F2N5/c1-8-2-3-9(12(17)4-8)7-22-15-11(5-10(16)6-20-15)13(21-22)14(18)19/h2-6H,7H2,1H3,(H3,18,19). The molecule has 22 heavy (non-hydrogen) atoms. The fourth-order valence-electron chi connectivity index (χ4n) is 2.29. The van der Waals surface area contributed by atoms with E-state index in [-0.39, 0.29) is 23.9 Å². The highest BCUT2D eigenvalue weighted by Crippen LogP contribution is 2.19. The summed E-state index contributed by atoms with van der Waals surface area (Å²) in [5, 5.41) is 12.0. The Morgan fingerprint density at radius 1 is 1.32 bits per heavy atom. The second-order valence-corrected chi connectivity index (χ2v) is 5.04. The highest BCUT2D eigenvalue weighted by atomic mass is 19.1. The molecule has 112 valence electrons. The van der Waals surface area contributed by atoms with Crippen molar-refractivity contribution >= 4 is 16.9 Å². The Morgan fingerprint density at radius 3 is 2.77 bits per heavy atom. The highest BCUT2D eigenvalue weighted by Gasteiger charge is 2.16. The third kappa shape index (κ3) is 2.41. The van der Waals surface area contributed by atoms with E-state index in [9.17, 15) is 8.78 Å². The summed E-state index contributed by atoms with van der Waals surface area (Å²) in [5.41, 5.74) is 7.20. The number of benzene rings is 1. The minimum atomic E-state index is -0.545. The zero-order chi connectivity index (χ0) is 15.9. The van der Waals surface area contributed by atoms with Gasteiger partial charge < -0.3 is 5.73 Å². The molecular weight excluding hydrogens is 288 g/mol. The molecule has 0 radical (unpaired) electrons. The molecule has 3 aromatic rings. The number of hydrogen-bond donors (Lipinski definition) is 2. The summed E-state index contributed by atoms with van der Waals surface area (Å²) in [6.45, 7) is 1.92. The number of nitrogens with one attached hydrogen (secondary N) is 1. The van der Waals surface area contributed by atoms with E-state index in [1.54, 1.807) is 19.1 Å². The predicted octanol–water partition coefficient (Wildman–Crippen LogP) is 2.35. The van der Waals surface area contributed by atoms with Crippen molar-refractivity contribution in [1.82, 2.24) is 14.8 Å². The van der Waals surface area contributed by atoms with Crippen LogP contribution in [0.25, 0.3) is 11.0 Å². The number of pyridine rings is 1. The average Bonchev–Trinajstić information content (AvgIpc) is 2.80. The lowest BCUT2D eigenvalue weighted by Gasteiger charge is -2.05. The number of halogens is 2. The van der Waals surface area contributed by atoms with E-state index in [4.69, 9.17) is 11.1 Å². The maximum Gasteiger partial charge on any atom is 0.159 e. The third-order valence-electron chi connectivity index (χ3n) is 3.34. The summed E-state index contributed by atoms with van der Waals surface area (Å²) in [6, 6.07) is 6.10. The van der Waals surface area contributed by atoms with E-state index >= 15 is 0 Å². The first-order chi connectivity index (χ1) is 10.5. The smallest absolute Gasteiger partial charge is 0.159 e. The number of nitrogens with two attached hydrogens (primary N) is 1. The molecule has 0 aliphatic carbocycles. The lowest BCUT2D eigenvalue weighted by molar-refractivity contribution is 0.587. The summed E-state index contributed by atoms with van der Waals surface area (Å²) in [4.78, 5) is 3.98. The second kappa shape index (κ2) is 5.18. The highest BCUT2D eigenvalue weighted by molar-refractivity contribution is 6.04. The molecule has 0 spiro atoms. The number of fused-ring (bicyclic) bond motifs is 1. The number of nitrogens with zero attached hydrogens (tertiary/aromatic N) is 3. The Labute approximate surface area is 124 Å². The molecule has 3 N–H and O–H groups in total. The Morgan fingerprint density at radius 2 is 2.09 bits per heavy atom. The number of aromatic nitrogens is 3. The molecule has 0 aliphatic heterocycles. The van der Waals surface area contributed by atoms with Crippen molar-refractivity contribution in [3.05, 3.63) is 58.9 Å². The molecule has 0 aliphatic rings. The van der Waals surface area contributed by atoms with Crippen LogP contribution in [0.5, 0.6) is 0 Å². The van der Waals surface area contributed by atoms with Crippen LogP contribution in [-0.2, 0) is 6.54 Å².